The van der Waals surface area contributed by atoms with Crippen molar-refractivity contribution in [2.24, 2.45) is 0 Å². The molecule has 4 aromatic rings. The molecule has 0 atom stereocenters. The van der Waals surface area contributed by atoms with E-state index < -0.39 is 0 Å². The largest absolute Gasteiger partial charge is 0.338 e. The maximum absolute atomic E-state index is 3.84. The van der Waals surface area contributed by atoms with E-state index in [0.29, 0.717) is 0 Å². The van der Waals surface area contributed by atoms with E-state index in [0.717, 1.165) is 37.1 Å². The first kappa shape index (κ1) is 43.3. The number of benzene rings is 4. The summed E-state index contributed by atoms with van der Waals surface area (Å²) in [7, 11) is 0. The van der Waals surface area contributed by atoms with E-state index in [1.165, 1.54) is 45.0 Å². The van der Waals surface area contributed by atoms with Crippen LogP contribution in [0.15, 0.2) is 213 Å². The molecule has 0 spiro atoms. The summed E-state index contributed by atoms with van der Waals surface area (Å²) < 4.78 is 0. The Hall–Kier alpha value is -6.12. The standard InChI is InChI=1S/C49H50N2.C2H6.C2H4/c1-5-40(3)19-16-17-38-50(49-27-18-20-41(4)39-49)45-34-30-44(31-35-45)29-28-42(6-2)21-10-7-11-22-43-32-36-48(37-33-43)51(46-23-12-8-13-24-46)47-25-14-9-15-26-47;2*1-2/h5-6,8-14,16-25,27-37,39H,1,7,15,26,38H2,2-4H3;1-2H3;1-2H2/b17-16-,21-10-,22-11+,29-28+,40-19-,42-6+;;. The van der Waals surface area contributed by atoms with Gasteiger partial charge in [-0.1, -0.05) is 160 Å². The molecule has 0 bridgehead atoms. The number of hydrogen-bond donors (Lipinski definition) is 0. The minimum atomic E-state index is 0.774. The van der Waals surface area contributed by atoms with Crippen LogP contribution in [0, 0.1) is 6.92 Å². The maximum atomic E-state index is 3.84. The van der Waals surface area contributed by atoms with Gasteiger partial charge >= 0.3 is 0 Å². The summed E-state index contributed by atoms with van der Waals surface area (Å²) in [6.07, 6.45) is 33.2. The van der Waals surface area contributed by atoms with Crippen LogP contribution in [-0.4, -0.2) is 6.54 Å². The van der Waals surface area contributed by atoms with Gasteiger partial charge in [0.25, 0.3) is 0 Å². The predicted molar refractivity (Wildman–Crippen MR) is 247 cm³/mol. The van der Waals surface area contributed by atoms with Gasteiger partial charge in [-0.3, -0.25) is 0 Å². The fourth-order valence-electron chi connectivity index (χ4n) is 5.87. The molecule has 282 valence electrons. The first-order chi connectivity index (χ1) is 27.0. The Morgan fingerprint density at radius 3 is 2.02 bits per heavy atom. The minimum Gasteiger partial charge on any atom is -0.338 e. The van der Waals surface area contributed by atoms with Crippen LogP contribution < -0.4 is 9.80 Å². The number of allylic oxidation sites excluding steroid dienone is 14. The summed E-state index contributed by atoms with van der Waals surface area (Å²) in [5.74, 6) is 0. The summed E-state index contributed by atoms with van der Waals surface area (Å²) in [6.45, 7) is 20.9. The molecular formula is C53H60N2. The SMILES string of the molecule is C=C.C=C/C(C)=C\C=C/CN(c1ccc(/C=C/C(/C=C\C/C=C/c2ccc(N(C3=CC=CCC3)c3ccccc3)cc2)=C/C)cc1)c1cccc(C)c1.CC. The lowest BCUT2D eigenvalue weighted by Gasteiger charge is -2.28. The van der Waals surface area contributed by atoms with Crippen LogP contribution in [0.2, 0.25) is 0 Å². The highest BCUT2D eigenvalue weighted by Crippen LogP contribution is 2.33. The highest BCUT2D eigenvalue weighted by Gasteiger charge is 2.15. The fraction of sp³-hybridized carbons (Fsp3) is 0.170. The molecule has 0 heterocycles. The fourth-order valence-corrected chi connectivity index (χ4v) is 5.87. The number of para-hydroxylation sites is 1. The van der Waals surface area contributed by atoms with E-state index >= 15 is 0 Å². The number of anilines is 4. The van der Waals surface area contributed by atoms with Gasteiger partial charge in [0.15, 0.2) is 0 Å². The summed E-state index contributed by atoms with van der Waals surface area (Å²) in [6, 6.07) is 36.9. The third kappa shape index (κ3) is 14.3. The molecule has 0 saturated carbocycles. The summed E-state index contributed by atoms with van der Waals surface area (Å²) in [4.78, 5) is 4.70. The van der Waals surface area contributed by atoms with Gasteiger partial charge in [-0.05, 0) is 117 Å². The van der Waals surface area contributed by atoms with Crippen LogP contribution in [0.25, 0.3) is 12.2 Å². The minimum absolute atomic E-state index is 0.774. The Bertz CT molecular complexity index is 1980. The molecule has 0 aromatic heterocycles. The topological polar surface area (TPSA) is 6.48 Å². The van der Waals surface area contributed by atoms with Crippen molar-refractivity contribution in [3.63, 3.8) is 0 Å². The Labute approximate surface area is 333 Å². The van der Waals surface area contributed by atoms with Crippen molar-refractivity contribution < 1.29 is 0 Å². The second-order valence-electron chi connectivity index (χ2n) is 12.6. The molecule has 0 radical (unpaired) electrons. The summed E-state index contributed by atoms with van der Waals surface area (Å²) in [5.41, 5.74) is 12.0. The maximum Gasteiger partial charge on any atom is 0.0458 e. The van der Waals surface area contributed by atoms with Crippen LogP contribution in [0.3, 0.4) is 0 Å². The molecule has 2 nitrogen and oxygen atoms in total. The van der Waals surface area contributed by atoms with Gasteiger partial charge in [0.1, 0.15) is 0 Å². The van der Waals surface area contributed by atoms with Crippen molar-refractivity contribution in [1.82, 2.24) is 0 Å². The zero-order chi connectivity index (χ0) is 39.7. The van der Waals surface area contributed by atoms with Crippen LogP contribution in [0.5, 0.6) is 0 Å². The van der Waals surface area contributed by atoms with Crippen LogP contribution in [-0.2, 0) is 0 Å². The third-order valence-corrected chi connectivity index (χ3v) is 8.76. The van der Waals surface area contributed by atoms with E-state index in [9.17, 15) is 0 Å². The van der Waals surface area contributed by atoms with Crippen molar-refractivity contribution in [2.45, 2.75) is 53.9 Å². The molecule has 1 aliphatic rings. The molecular weight excluding hydrogens is 665 g/mol. The van der Waals surface area contributed by atoms with Crippen molar-refractivity contribution in [1.29, 1.82) is 0 Å². The molecule has 0 saturated heterocycles. The molecule has 0 aliphatic heterocycles. The van der Waals surface area contributed by atoms with Gasteiger partial charge in [0, 0.05) is 35.0 Å². The van der Waals surface area contributed by atoms with Crippen LogP contribution >= 0.6 is 0 Å². The average Bonchev–Trinajstić information content (AvgIpc) is 3.25. The van der Waals surface area contributed by atoms with Crippen molar-refractivity contribution >= 4 is 34.9 Å². The van der Waals surface area contributed by atoms with E-state index in [2.05, 4.69) is 232 Å². The first-order valence-electron chi connectivity index (χ1n) is 19.4. The molecule has 0 unspecified atom stereocenters. The predicted octanol–water partition coefficient (Wildman–Crippen LogP) is 15.6. The van der Waals surface area contributed by atoms with Crippen LogP contribution in [0.4, 0.5) is 22.7 Å². The Morgan fingerprint density at radius 2 is 1.38 bits per heavy atom. The van der Waals surface area contributed by atoms with E-state index in [4.69, 9.17) is 0 Å². The zero-order valence-corrected chi connectivity index (χ0v) is 33.7. The second-order valence-corrected chi connectivity index (χ2v) is 12.6. The molecule has 55 heavy (non-hydrogen) atoms. The Kier molecular flexibility index (Phi) is 19.7. The molecule has 0 fully saturated rings. The molecule has 0 amide bonds. The zero-order valence-electron chi connectivity index (χ0n) is 33.7. The molecule has 5 rings (SSSR count). The number of nitrogens with zero attached hydrogens (tertiary/aromatic N) is 2. The van der Waals surface area contributed by atoms with Crippen molar-refractivity contribution in [2.75, 3.05) is 16.3 Å². The van der Waals surface area contributed by atoms with E-state index in [1.807, 2.05) is 19.9 Å². The number of hydrogen-bond acceptors (Lipinski definition) is 2. The van der Waals surface area contributed by atoms with Crippen LogP contribution in [0.1, 0.15) is 63.6 Å². The monoisotopic (exact) mass is 724 g/mol. The lowest BCUT2D eigenvalue weighted by molar-refractivity contribution is 0.917. The lowest BCUT2D eigenvalue weighted by Crippen LogP contribution is -2.17. The third-order valence-electron chi connectivity index (χ3n) is 8.76. The first-order valence-corrected chi connectivity index (χ1v) is 19.4. The lowest BCUT2D eigenvalue weighted by atomic mass is 10.1. The quantitative estimate of drug-likeness (QED) is 0.0890. The highest BCUT2D eigenvalue weighted by molar-refractivity contribution is 5.70. The molecule has 2 heteroatoms. The summed E-state index contributed by atoms with van der Waals surface area (Å²) in [5, 5.41) is 0. The van der Waals surface area contributed by atoms with Gasteiger partial charge in [0.05, 0.1) is 0 Å². The van der Waals surface area contributed by atoms with E-state index in [-0.39, 0.29) is 0 Å². The van der Waals surface area contributed by atoms with Gasteiger partial charge in [-0.25, -0.2) is 0 Å². The molecule has 1 aliphatic carbocycles. The Balaban J connectivity index is 0.00000196. The van der Waals surface area contributed by atoms with Gasteiger partial charge < -0.3 is 9.80 Å². The van der Waals surface area contributed by atoms with Gasteiger partial charge in [-0.2, -0.15) is 0 Å². The number of rotatable bonds is 15. The smallest absolute Gasteiger partial charge is 0.0458 e. The number of aryl methyl sites for hydroxylation is 1. The molecule has 4 aromatic carbocycles. The normalized spacial score (nSPS) is 13.0. The average molecular weight is 725 g/mol. The van der Waals surface area contributed by atoms with Crippen molar-refractivity contribution in [3.8, 4) is 0 Å². The molecule has 0 N–H and O–H groups in total. The Morgan fingerprint density at radius 1 is 0.727 bits per heavy atom. The second kappa shape index (κ2) is 25.0. The van der Waals surface area contributed by atoms with Gasteiger partial charge in [0.2, 0.25) is 0 Å². The highest BCUT2D eigenvalue weighted by atomic mass is 15.1. The van der Waals surface area contributed by atoms with Crippen molar-refractivity contribution in [3.05, 3.63) is 229 Å². The van der Waals surface area contributed by atoms with E-state index in [1.54, 1.807) is 0 Å². The van der Waals surface area contributed by atoms with Gasteiger partial charge in [-0.15, -0.1) is 13.2 Å². The summed E-state index contributed by atoms with van der Waals surface area (Å²) >= 11 is 0.